The number of hydrogen-bond donors (Lipinski definition) is 1. The fraction of sp³-hybridized carbons (Fsp3) is 0.350. The van der Waals surface area contributed by atoms with Gasteiger partial charge in [0.25, 0.3) is 0 Å². The normalized spacial score (nSPS) is 20.4. The van der Waals surface area contributed by atoms with E-state index in [1.807, 2.05) is 61.5 Å². The Morgan fingerprint density at radius 1 is 1.08 bits per heavy atom. The van der Waals surface area contributed by atoms with E-state index in [4.69, 9.17) is 9.47 Å². The minimum atomic E-state index is -0.718. The highest BCUT2D eigenvalue weighted by molar-refractivity contribution is 5.74. The van der Waals surface area contributed by atoms with Crippen molar-refractivity contribution in [2.75, 3.05) is 26.2 Å². The molecule has 5 nitrogen and oxygen atoms in total. The molecule has 2 aromatic rings. The summed E-state index contributed by atoms with van der Waals surface area (Å²) in [5.41, 5.74) is -0.629. The van der Waals surface area contributed by atoms with Crippen LogP contribution in [0.25, 0.3) is 0 Å². The smallest absolute Gasteiger partial charge is 0.310 e. The van der Waals surface area contributed by atoms with E-state index >= 15 is 0 Å². The Morgan fingerprint density at radius 2 is 1.72 bits per heavy atom. The summed E-state index contributed by atoms with van der Waals surface area (Å²) in [7, 11) is 0. The van der Waals surface area contributed by atoms with Gasteiger partial charge in [-0.05, 0) is 56.3 Å². The van der Waals surface area contributed by atoms with E-state index in [1.165, 1.54) is 0 Å². The van der Waals surface area contributed by atoms with Crippen LogP contribution in [0, 0.1) is 5.41 Å². The maximum Gasteiger partial charge on any atom is 0.310 e. The van der Waals surface area contributed by atoms with Gasteiger partial charge in [0.2, 0.25) is 0 Å². The van der Waals surface area contributed by atoms with Gasteiger partial charge in [0.1, 0.15) is 23.9 Å². The second-order valence-electron chi connectivity index (χ2n) is 6.63. The van der Waals surface area contributed by atoms with Gasteiger partial charge in [0.15, 0.2) is 0 Å². The zero-order valence-corrected chi connectivity index (χ0v) is 14.4. The predicted molar refractivity (Wildman–Crippen MR) is 95.3 cm³/mol. The second-order valence-corrected chi connectivity index (χ2v) is 6.63. The average molecular weight is 341 g/mol. The first-order valence-corrected chi connectivity index (χ1v) is 8.47. The van der Waals surface area contributed by atoms with E-state index in [2.05, 4.69) is 4.90 Å². The zero-order valence-electron chi connectivity index (χ0n) is 14.4. The van der Waals surface area contributed by atoms with Gasteiger partial charge in [0.05, 0.1) is 5.41 Å². The van der Waals surface area contributed by atoms with Crippen molar-refractivity contribution in [1.29, 1.82) is 0 Å². The third-order valence-corrected chi connectivity index (χ3v) is 4.55. The molecule has 0 aliphatic carbocycles. The van der Waals surface area contributed by atoms with Crippen molar-refractivity contribution in [1.82, 2.24) is 4.90 Å². The number of benzene rings is 2. The third kappa shape index (κ3) is 4.51. The van der Waals surface area contributed by atoms with Crippen molar-refractivity contribution in [3.8, 4) is 17.2 Å². The minimum absolute atomic E-state index is 0.536. The molecule has 1 heterocycles. The molecule has 25 heavy (non-hydrogen) atoms. The number of para-hydroxylation sites is 1. The number of carboxylic acid groups (broad SMARTS) is 1. The van der Waals surface area contributed by atoms with E-state index in [9.17, 15) is 9.90 Å². The Bertz CT molecular complexity index is 701. The lowest BCUT2D eigenvalue weighted by atomic mass is 9.90. The van der Waals surface area contributed by atoms with Gasteiger partial charge in [-0.1, -0.05) is 18.2 Å². The summed E-state index contributed by atoms with van der Waals surface area (Å²) in [5, 5.41) is 9.26. The van der Waals surface area contributed by atoms with Crippen molar-refractivity contribution >= 4 is 5.97 Å². The molecular formula is C20H23NO4. The number of rotatable bonds is 7. The predicted octanol–water partition coefficient (Wildman–Crippen LogP) is 3.65. The number of carbonyl (C=O) groups is 1. The van der Waals surface area contributed by atoms with Gasteiger partial charge in [-0.15, -0.1) is 0 Å². The molecule has 0 spiro atoms. The molecular weight excluding hydrogens is 318 g/mol. The van der Waals surface area contributed by atoms with Crippen LogP contribution in [0.4, 0.5) is 0 Å². The van der Waals surface area contributed by atoms with Crippen LogP contribution in [0.5, 0.6) is 17.2 Å². The molecule has 1 aliphatic rings. The second kappa shape index (κ2) is 7.57. The van der Waals surface area contributed by atoms with Crippen LogP contribution in [0.2, 0.25) is 0 Å². The quantitative estimate of drug-likeness (QED) is 0.833. The summed E-state index contributed by atoms with van der Waals surface area (Å²) in [4.78, 5) is 13.4. The van der Waals surface area contributed by atoms with Crippen LogP contribution in [0.3, 0.4) is 0 Å². The summed E-state index contributed by atoms with van der Waals surface area (Å²) in [5.74, 6) is 1.62. The van der Waals surface area contributed by atoms with Crippen LogP contribution >= 0.6 is 0 Å². The fourth-order valence-corrected chi connectivity index (χ4v) is 2.94. The lowest BCUT2D eigenvalue weighted by Gasteiger charge is -2.20. The van der Waals surface area contributed by atoms with Crippen LogP contribution in [0.1, 0.15) is 13.3 Å². The lowest BCUT2D eigenvalue weighted by molar-refractivity contribution is -0.147. The Morgan fingerprint density at radius 3 is 2.36 bits per heavy atom. The number of carboxylic acids is 1. The first kappa shape index (κ1) is 17.3. The molecule has 132 valence electrons. The highest BCUT2D eigenvalue weighted by Gasteiger charge is 2.40. The Hall–Kier alpha value is -2.53. The molecule has 0 saturated carbocycles. The molecule has 1 unspecified atom stereocenters. The maximum atomic E-state index is 11.3. The molecule has 0 amide bonds. The molecule has 1 saturated heterocycles. The van der Waals surface area contributed by atoms with Crippen molar-refractivity contribution in [2.45, 2.75) is 13.3 Å². The Balaban J connectivity index is 1.44. The molecule has 5 heteroatoms. The van der Waals surface area contributed by atoms with E-state index < -0.39 is 11.4 Å². The molecule has 3 rings (SSSR count). The van der Waals surface area contributed by atoms with E-state index in [0.717, 1.165) is 30.3 Å². The summed E-state index contributed by atoms with van der Waals surface area (Å²) in [6.07, 6.45) is 0.688. The molecule has 1 fully saturated rings. The zero-order chi connectivity index (χ0) is 17.7. The van der Waals surface area contributed by atoms with Crippen molar-refractivity contribution in [2.24, 2.45) is 5.41 Å². The number of nitrogens with zero attached hydrogens (tertiary/aromatic N) is 1. The highest BCUT2D eigenvalue weighted by Crippen LogP contribution is 2.30. The monoisotopic (exact) mass is 341 g/mol. The molecule has 1 atom stereocenters. The largest absolute Gasteiger partial charge is 0.492 e. The fourth-order valence-electron chi connectivity index (χ4n) is 2.94. The topological polar surface area (TPSA) is 59.0 Å². The summed E-state index contributed by atoms with van der Waals surface area (Å²) < 4.78 is 11.5. The van der Waals surface area contributed by atoms with Crippen LogP contribution in [0.15, 0.2) is 54.6 Å². The van der Waals surface area contributed by atoms with Gasteiger partial charge in [-0.25, -0.2) is 0 Å². The van der Waals surface area contributed by atoms with Gasteiger partial charge < -0.3 is 14.6 Å². The lowest BCUT2D eigenvalue weighted by Crippen LogP contribution is -2.33. The Labute approximate surface area is 147 Å². The molecule has 1 aliphatic heterocycles. The Kier molecular flexibility index (Phi) is 5.24. The van der Waals surface area contributed by atoms with Crippen LogP contribution in [-0.4, -0.2) is 42.2 Å². The number of aliphatic carboxylic acids is 1. The SMILES string of the molecule is CC1(C(=O)O)CCN(CCOc2ccc(Oc3ccccc3)cc2)C1. The third-order valence-electron chi connectivity index (χ3n) is 4.55. The van der Waals surface area contributed by atoms with Crippen LogP contribution in [-0.2, 0) is 4.79 Å². The first-order valence-electron chi connectivity index (χ1n) is 8.47. The summed E-state index contributed by atoms with van der Waals surface area (Å²) in [6, 6.07) is 17.1. The summed E-state index contributed by atoms with van der Waals surface area (Å²) >= 11 is 0. The van der Waals surface area contributed by atoms with Crippen molar-refractivity contribution < 1.29 is 19.4 Å². The van der Waals surface area contributed by atoms with Gasteiger partial charge in [-0.2, -0.15) is 0 Å². The van der Waals surface area contributed by atoms with Crippen LogP contribution < -0.4 is 9.47 Å². The summed E-state index contributed by atoms with van der Waals surface area (Å²) in [6.45, 7) is 4.45. The molecule has 1 N–H and O–H groups in total. The van der Waals surface area contributed by atoms with Gasteiger partial charge in [-0.3, -0.25) is 9.69 Å². The molecule has 0 aromatic heterocycles. The number of ether oxygens (including phenoxy) is 2. The molecule has 0 bridgehead atoms. The maximum absolute atomic E-state index is 11.3. The minimum Gasteiger partial charge on any atom is -0.492 e. The van der Waals surface area contributed by atoms with Crippen molar-refractivity contribution in [3.05, 3.63) is 54.6 Å². The molecule has 2 aromatic carbocycles. The van der Waals surface area contributed by atoms with Gasteiger partial charge in [0, 0.05) is 13.1 Å². The van der Waals surface area contributed by atoms with E-state index in [-0.39, 0.29) is 0 Å². The standard InChI is InChI=1S/C20H23NO4/c1-20(19(22)23)11-12-21(15-20)13-14-24-16-7-9-18(10-8-16)25-17-5-3-2-4-6-17/h2-10H,11-15H2,1H3,(H,22,23). The number of likely N-dealkylation sites (tertiary alicyclic amines) is 1. The van der Waals surface area contributed by atoms with Crippen molar-refractivity contribution in [3.63, 3.8) is 0 Å². The van der Waals surface area contributed by atoms with Gasteiger partial charge >= 0.3 is 5.97 Å². The number of hydrogen-bond acceptors (Lipinski definition) is 4. The first-order chi connectivity index (χ1) is 12.0. The molecule has 0 radical (unpaired) electrons. The average Bonchev–Trinajstić information content (AvgIpc) is 3.00. The van der Waals surface area contributed by atoms with E-state index in [1.54, 1.807) is 0 Å². The van der Waals surface area contributed by atoms with E-state index in [0.29, 0.717) is 19.6 Å². The highest BCUT2D eigenvalue weighted by atomic mass is 16.5.